The van der Waals surface area contributed by atoms with E-state index >= 15 is 0 Å². The van der Waals surface area contributed by atoms with Crippen LogP contribution < -0.4 is 15.5 Å². The summed E-state index contributed by atoms with van der Waals surface area (Å²) >= 11 is 0. The van der Waals surface area contributed by atoms with Gasteiger partial charge in [0.1, 0.15) is 0 Å². The largest absolute Gasteiger partial charge is 0.396 e. The monoisotopic (exact) mass is 417 g/mol. The van der Waals surface area contributed by atoms with Crippen LogP contribution in [0.25, 0.3) is 0 Å². The van der Waals surface area contributed by atoms with Crippen LogP contribution in [-0.2, 0) is 0 Å². The standard InChI is InChI=1S/C24H43N5O/c1-4-24(5-2,13-20-30)21-27-23(25-6-3)26-14-10-15-28-16-18-29(19-17-28)22-11-8-7-9-12-22/h7-9,11-12,30H,4-6,10,13-21H2,1-3H3,(H2,25,26,27). The Kier molecular flexibility index (Phi) is 11.0. The summed E-state index contributed by atoms with van der Waals surface area (Å²) in [7, 11) is 0. The van der Waals surface area contributed by atoms with Gasteiger partial charge in [0, 0.05) is 58.1 Å². The van der Waals surface area contributed by atoms with E-state index in [0.29, 0.717) is 0 Å². The summed E-state index contributed by atoms with van der Waals surface area (Å²) in [6, 6.07) is 10.7. The number of hydrogen-bond acceptors (Lipinski definition) is 4. The second kappa shape index (κ2) is 13.5. The van der Waals surface area contributed by atoms with Crippen LogP contribution in [-0.4, -0.2) is 74.9 Å². The molecule has 0 aromatic heterocycles. The summed E-state index contributed by atoms with van der Waals surface area (Å²) < 4.78 is 0. The van der Waals surface area contributed by atoms with Crippen LogP contribution in [0.15, 0.2) is 35.3 Å². The van der Waals surface area contributed by atoms with Crippen molar-refractivity contribution in [1.82, 2.24) is 15.5 Å². The zero-order valence-electron chi connectivity index (χ0n) is 19.4. The van der Waals surface area contributed by atoms with E-state index in [2.05, 4.69) is 71.5 Å². The SMILES string of the molecule is CCNC(=NCC(CC)(CC)CCO)NCCCN1CCN(c2ccccc2)CC1. The van der Waals surface area contributed by atoms with Crippen LogP contribution in [0, 0.1) is 5.41 Å². The molecule has 1 heterocycles. The van der Waals surface area contributed by atoms with Crippen LogP contribution >= 0.6 is 0 Å². The summed E-state index contributed by atoms with van der Waals surface area (Å²) in [6.45, 7) is 14.9. The maximum atomic E-state index is 9.42. The number of para-hydroxylation sites is 1. The molecule has 0 atom stereocenters. The molecule has 3 N–H and O–H groups in total. The molecule has 30 heavy (non-hydrogen) atoms. The molecule has 1 fully saturated rings. The van der Waals surface area contributed by atoms with E-state index in [1.165, 1.54) is 5.69 Å². The molecule has 1 aliphatic rings. The molecule has 0 aliphatic carbocycles. The Bertz CT molecular complexity index is 595. The highest BCUT2D eigenvalue weighted by atomic mass is 16.3. The molecular weight excluding hydrogens is 374 g/mol. The normalized spacial score (nSPS) is 16.0. The molecule has 0 bridgehead atoms. The number of hydrogen-bond donors (Lipinski definition) is 3. The van der Waals surface area contributed by atoms with Crippen LogP contribution in [0.1, 0.15) is 46.5 Å². The van der Waals surface area contributed by atoms with Gasteiger partial charge in [-0.2, -0.15) is 0 Å². The summed E-state index contributed by atoms with van der Waals surface area (Å²) in [6.07, 6.45) is 4.01. The number of aliphatic hydroxyl groups is 1. The molecule has 1 aromatic carbocycles. The predicted molar refractivity (Wildman–Crippen MR) is 128 cm³/mol. The Morgan fingerprint density at radius 1 is 1.03 bits per heavy atom. The number of nitrogens with zero attached hydrogens (tertiary/aromatic N) is 3. The van der Waals surface area contributed by atoms with E-state index in [-0.39, 0.29) is 12.0 Å². The number of guanidine groups is 1. The Morgan fingerprint density at radius 3 is 2.33 bits per heavy atom. The molecule has 0 unspecified atom stereocenters. The molecule has 1 aliphatic heterocycles. The van der Waals surface area contributed by atoms with Crippen molar-refractivity contribution in [3.8, 4) is 0 Å². The van der Waals surface area contributed by atoms with E-state index < -0.39 is 0 Å². The van der Waals surface area contributed by atoms with Crippen molar-refractivity contribution in [3.63, 3.8) is 0 Å². The first-order chi connectivity index (χ1) is 14.7. The summed E-state index contributed by atoms with van der Waals surface area (Å²) in [5, 5.41) is 16.3. The lowest BCUT2D eigenvalue weighted by molar-refractivity contribution is 0.175. The predicted octanol–water partition coefficient (Wildman–Crippen LogP) is 2.94. The van der Waals surface area contributed by atoms with Gasteiger partial charge in [0.25, 0.3) is 0 Å². The molecule has 170 valence electrons. The number of anilines is 1. The lowest BCUT2D eigenvalue weighted by atomic mass is 9.79. The van der Waals surface area contributed by atoms with Crippen LogP contribution in [0.2, 0.25) is 0 Å². The third kappa shape index (κ3) is 7.80. The van der Waals surface area contributed by atoms with E-state index in [1.807, 2.05) is 0 Å². The number of aliphatic hydroxyl groups excluding tert-OH is 1. The van der Waals surface area contributed by atoms with Crippen LogP contribution in [0.4, 0.5) is 5.69 Å². The van der Waals surface area contributed by atoms with Gasteiger partial charge in [-0.05, 0) is 56.7 Å². The van der Waals surface area contributed by atoms with Gasteiger partial charge in [0.2, 0.25) is 0 Å². The van der Waals surface area contributed by atoms with Gasteiger partial charge in [-0.15, -0.1) is 0 Å². The first-order valence-electron chi connectivity index (χ1n) is 11.8. The fraction of sp³-hybridized carbons (Fsp3) is 0.708. The number of aliphatic imine (C=N–C) groups is 1. The highest BCUT2D eigenvalue weighted by molar-refractivity contribution is 5.79. The molecule has 0 amide bonds. The first-order valence-corrected chi connectivity index (χ1v) is 11.8. The fourth-order valence-electron chi connectivity index (χ4n) is 4.11. The lowest BCUT2D eigenvalue weighted by Gasteiger charge is -2.36. The van der Waals surface area contributed by atoms with E-state index in [9.17, 15) is 5.11 Å². The van der Waals surface area contributed by atoms with Crippen LogP contribution in [0.3, 0.4) is 0 Å². The highest BCUT2D eigenvalue weighted by Crippen LogP contribution is 2.30. The highest BCUT2D eigenvalue weighted by Gasteiger charge is 2.25. The average molecular weight is 418 g/mol. The topological polar surface area (TPSA) is 63.1 Å². The second-order valence-corrected chi connectivity index (χ2v) is 8.32. The minimum Gasteiger partial charge on any atom is -0.396 e. The smallest absolute Gasteiger partial charge is 0.191 e. The number of benzene rings is 1. The minimum atomic E-state index is 0.107. The summed E-state index contributed by atoms with van der Waals surface area (Å²) in [5.74, 6) is 0.899. The van der Waals surface area contributed by atoms with Crippen molar-refractivity contribution in [2.75, 3.05) is 63.9 Å². The zero-order valence-corrected chi connectivity index (χ0v) is 19.4. The van der Waals surface area contributed by atoms with Gasteiger partial charge in [-0.3, -0.25) is 9.89 Å². The number of nitrogens with one attached hydrogen (secondary N) is 2. The van der Waals surface area contributed by atoms with Gasteiger partial charge in [0.05, 0.1) is 0 Å². The summed E-state index contributed by atoms with van der Waals surface area (Å²) in [5.41, 5.74) is 1.44. The van der Waals surface area contributed by atoms with Crippen molar-refractivity contribution in [2.24, 2.45) is 10.4 Å². The summed E-state index contributed by atoms with van der Waals surface area (Å²) in [4.78, 5) is 9.88. The van der Waals surface area contributed by atoms with Gasteiger partial charge in [-0.25, -0.2) is 0 Å². The minimum absolute atomic E-state index is 0.107. The molecule has 6 heteroatoms. The van der Waals surface area contributed by atoms with Gasteiger partial charge in [-0.1, -0.05) is 32.0 Å². The Labute approximate surface area is 183 Å². The van der Waals surface area contributed by atoms with Gasteiger partial charge >= 0.3 is 0 Å². The van der Waals surface area contributed by atoms with Gasteiger partial charge in [0.15, 0.2) is 5.96 Å². The third-order valence-electron chi connectivity index (χ3n) is 6.50. The number of rotatable bonds is 12. The maximum absolute atomic E-state index is 9.42. The molecule has 1 aromatic rings. The van der Waals surface area contributed by atoms with Crippen LogP contribution in [0.5, 0.6) is 0 Å². The zero-order chi connectivity index (χ0) is 21.7. The molecule has 6 nitrogen and oxygen atoms in total. The molecule has 0 radical (unpaired) electrons. The number of piperazine rings is 1. The molecule has 0 spiro atoms. The molecular formula is C24H43N5O. The Hall–Kier alpha value is -1.79. The average Bonchev–Trinajstić information content (AvgIpc) is 2.80. The maximum Gasteiger partial charge on any atom is 0.191 e. The first kappa shape index (κ1) is 24.5. The van der Waals surface area contributed by atoms with Crippen molar-refractivity contribution >= 4 is 11.6 Å². The van der Waals surface area contributed by atoms with E-state index in [1.54, 1.807) is 0 Å². The fourth-order valence-corrected chi connectivity index (χ4v) is 4.11. The lowest BCUT2D eigenvalue weighted by Crippen LogP contribution is -2.47. The Balaban J connectivity index is 1.72. The van der Waals surface area contributed by atoms with Crippen molar-refractivity contribution < 1.29 is 5.11 Å². The molecule has 0 saturated carbocycles. The van der Waals surface area contributed by atoms with E-state index in [0.717, 1.165) is 84.0 Å². The molecule has 2 rings (SSSR count). The Morgan fingerprint density at radius 2 is 1.73 bits per heavy atom. The van der Waals surface area contributed by atoms with Crippen molar-refractivity contribution in [1.29, 1.82) is 0 Å². The molecule has 1 saturated heterocycles. The van der Waals surface area contributed by atoms with Crippen molar-refractivity contribution in [2.45, 2.75) is 46.5 Å². The quantitative estimate of drug-likeness (QED) is 0.277. The third-order valence-corrected chi connectivity index (χ3v) is 6.50. The van der Waals surface area contributed by atoms with E-state index in [4.69, 9.17) is 4.99 Å². The second-order valence-electron chi connectivity index (χ2n) is 8.32. The van der Waals surface area contributed by atoms with Gasteiger partial charge < -0.3 is 20.6 Å². The van der Waals surface area contributed by atoms with Crippen molar-refractivity contribution in [3.05, 3.63) is 30.3 Å².